The molecule has 1 aliphatic rings. The third-order valence-electron chi connectivity index (χ3n) is 4.96. The van der Waals surface area contributed by atoms with Crippen LogP contribution in [0.5, 0.6) is 0 Å². The molecule has 1 N–H and O–H groups in total. The lowest BCUT2D eigenvalue weighted by atomic mass is 9.85. The van der Waals surface area contributed by atoms with Crippen molar-refractivity contribution in [2.45, 2.75) is 30.2 Å². The minimum absolute atomic E-state index is 0.0677. The number of likely N-dealkylation sites (tertiary alicyclic amines) is 1. The highest BCUT2D eigenvalue weighted by Gasteiger charge is 2.50. The lowest BCUT2D eigenvalue weighted by Crippen LogP contribution is -2.67. The van der Waals surface area contributed by atoms with Crippen molar-refractivity contribution in [3.05, 3.63) is 71.3 Å². The molecule has 29 heavy (non-hydrogen) atoms. The average Bonchev–Trinajstić information content (AvgIpc) is 2.67. The first kappa shape index (κ1) is 21.1. The number of amides is 2. The van der Waals surface area contributed by atoms with Crippen molar-refractivity contribution in [3.8, 4) is 0 Å². The first-order chi connectivity index (χ1) is 13.7. The molecular weight excluding hydrogens is 412 g/mol. The van der Waals surface area contributed by atoms with E-state index in [9.17, 15) is 18.0 Å². The van der Waals surface area contributed by atoms with Gasteiger partial charge in [0.15, 0.2) is 0 Å². The van der Waals surface area contributed by atoms with E-state index in [0.29, 0.717) is 18.0 Å². The molecule has 1 unspecified atom stereocenters. The van der Waals surface area contributed by atoms with Crippen molar-refractivity contribution in [1.29, 1.82) is 0 Å². The number of hydrogen-bond donors (Lipinski definition) is 1. The highest BCUT2D eigenvalue weighted by Crippen LogP contribution is 2.32. The van der Waals surface area contributed by atoms with E-state index in [0.717, 1.165) is 5.56 Å². The fraction of sp³-hybridized carbons (Fsp3) is 0.238. The molecule has 1 fully saturated rings. The van der Waals surface area contributed by atoms with Crippen LogP contribution in [0.15, 0.2) is 65.6 Å². The summed E-state index contributed by atoms with van der Waals surface area (Å²) in [7, 11) is -4.05. The number of hydrogen-bond acceptors (Lipinski definition) is 4. The smallest absolute Gasteiger partial charge is 0.264 e. The third kappa shape index (κ3) is 4.68. The van der Waals surface area contributed by atoms with Gasteiger partial charge in [0, 0.05) is 18.0 Å². The first-order valence-corrected chi connectivity index (χ1v) is 10.9. The van der Waals surface area contributed by atoms with Gasteiger partial charge in [-0.3, -0.25) is 9.59 Å². The molecule has 1 aliphatic heterocycles. The molecule has 0 spiro atoms. The molecule has 2 aromatic carbocycles. The Labute approximate surface area is 175 Å². The summed E-state index contributed by atoms with van der Waals surface area (Å²) in [5.74, 6) is -0.955. The number of benzene rings is 2. The maximum absolute atomic E-state index is 12.7. The maximum Gasteiger partial charge on any atom is 0.264 e. The Balaban J connectivity index is 1.65. The van der Waals surface area contributed by atoms with Crippen molar-refractivity contribution >= 4 is 39.5 Å². The summed E-state index contributed by atoms with van der Waals surface area (Å²) in [6, 6.07) is 15.1. The van der Waals surface area contributed by atoms with Crippen LogP contribution < -0.4 is 4.72 Å². The lowest BCUT2D eigenvalue weighted by Gasteiger charge is -2.48. The molecule has 6 nitrogen and oxygen atoms in total. The van der Waals surface area contributed by atoms with Crippen LogP contribution in [-0.2, 0) is 19.6 Å². The molecule has 0 saturated carbocycles. The zero-order chi connectivity index (χ0) is 21.1. The van der Waals surface area contributed by atoms with Gasteiger partial charge in [-0.15, -0.1) is 0 Å². The summed E-state index contributed by atoms with van der Waals surface area (Å²) < 4.78 is 27.0. The van der Waals surface area contributed by atoms with E-state index in [4.69, 9.17) is 11.6 Å². The molecule has 0 radical (unpaired) electrons. The fourth-order valence-electron chi connectivity index (χ4n) is 3.07. The predicted octanol–water partition coefficient (Wildman–Crippen LogP) is 3.24. The maximum atomic E-state index is 12.7. The highest BCUT2D eigenvalue weighted by molar-refractivity contribution is 7.90. The standard InChI is InChI=1S/C21H21ClN2O4S/c1-21(20(26)23-29(27,28)18-12-10-17(22)11-13-18)14-15-24(21)19(25)9-5-8-16-6-3-2-4-7-16/h2-8,10-13H,9,14-15H2,1H3,(H,23,26)/b8-5+. The first-order valence-electron chi connectivity index (χ1n) is 9.07. The Hall–Kier alpha value is -2.64. The summed E-state index contributed by atoms with van der Waals surface area (Å²) in [5, 5.41) is 0.390. The van der Waals surface area contributed by atoms with Gasteiger partial charge in [0.25, 0.3) is 15.9 Å². The van der Waals surface area contributed by atoms with Crippen molar-refractivity contribution in [2.75, 3.05) is 6.54 Å². The topological polar surface area (TPSA) is 83.6 Å². The second kappa shape index (κ2) is 8.39. The zero-order valence-corrected chi connectivity index (χ0v) is 17.4. The number of carbonyl (C=O) groups is 2. The number of halogens is 1. The lowest BCUT2D eigenvalue weighted by molar-refractivity contribution is -0.155. The molecule has 0 bridgehead atoms. The number of sulfonamides is 1. The van der Waals surface area contributed by atoms with E-state index in [2.05, 4.69) is 4.72 Å². The van der Waals surface area contributed by atoms with Gasteiger partial charge in [0.1, 0.15) is 5.54 Å². The van der Waals surface area contributed by atoms with Crippen LogP contribution in [0.3, 0.4) is 0 Å². The summed E-state index contributed by atoms with van der Waals surface area (Å²) in [5.41, 5.74) is -0.226. The highest BCUT2D eigenvalue weighted by atomic mass is 35.5. The largest absolute Gasteiger partial charge is 0.328 e. The Bertz CT molecular complexity index is 1040. The van der Waals surface area contributed by atoms with E-state index in [1.54, 1.807) is 13.0 Å². The van der Waals surface area contributed by atoms with Crippen molar-refractivity contribution < 1.29 is 18.0 Å². The average molecular weight is 433 g/mol. The molecule has 3 rings (SSSR count). The van der Waals surface area contributed by atoms with Gasteiger partial charge >= 0.3 is 0 Å². The summed E-state index contributed by atoms with van der Waals surface area (Å²) in [4.78, 5) is 26.6. The molecule has 8 heteroatoms. The number of nitrogens with zero attached hydrogens (tertiary/aromatic N) is 1. The number of carbonyl (C=O) groups excluding carboxylic acids is 2. The monoisotopic (exact) mass is 432 g/mol. The molecule has 1 saturated heterocycles. The van der Waals surface area contributed by atoms with Crippen LogP contribution in [-0.4, -0.2) is 37.2 Å². The molecule has 2 amide bonds. The van der Waals surface area contributed by atoms with Crippen LogP contribution in [0.1, 0.15) is 25.3 Å². The molecule has 0 aliphatic carbocycles. The molecule has 1 atom stereocenters. The van der Waals surface area contributed by atoms with Gasteiger partial charge < -0.3 is 4.90 Å². The van der Waals surface area contributed by atoms with Gasteiger partial charge in [0.2, 0.25) is 5.91 Å². The van der Waals surface area contributed by atoms with Gasteiger partial charge in [-0.1, -0.05) is 54.1 Å². The predicted molar refractivity (Wildman–Crippen MR) is 112 cm³/mol. The van der Waals surface area contributed by atoms with Crippen LogP contribution in [0, 0.1) is 0 Å². The zero-order valence-electron chi connectivity index (χ0n) is 15.8. The summed E-state index contributed by atoms with van der Waals surface area (Å²) in [6.45, 7) is 1.98. The normalized spacial score (nSPS) is 19.0. The Morgan fingerprint density at radius 3 is 2.38 bits per heavy atom. The fourth-order valence-corrected chi connectivity index (χ4v) is 4.27. The summed E-state index contributed by atoms with van der Waals surface area (Å²) >= 11 is 5.77. The molecule has 2 aromatic rings. The number of nitrogens with one attached hydrogen (secondary N) is 1. The summed E-state index contributed by atoms with van der Waals surface area (Å²) in [6.07, 6.45) is 4.09. The van der Waals surface area contributed by atoms with E-state index in [1.165, 1.54) is 29.2 Å². The van der Waals surface area contributed by atoms with Crippen LogP contribution in [0.25, 0.3) is 6.08 Å². The van der Waals surface area contributed by atoms with Crippen molar-refractivity contribution in [3.63, 3.8) is 0 Å². The minimum atomic E-state index is -4.05. The quantitative estimate of drug-likeness (QED) is 0.759. The minimum Gasteiger partial charge on any atom is -0.328 e. The Kier molecular flexibility index (Phi) is 6.10. The Morgan fingerprint density at radius 1 is 1.14 bits per heavy atom. The Morgan fingerprint density at radius 2 is 1.79 bits per heavy atom. The van der Waals surface area contributed by atoms with Gasteiger partial charge in [-0.2, -0.15) is 0 Å². The third-order valence-corrected chi connectivity index (χ3v) is 6.56. The van der Waals surface area contributed by atoms with E-state index in [1.807, 2.05) is 36.4 Å². The second-order valence-electron chi connectivity index (χ2n) is 6.97. The van der Waals surface area contributed by atoms with E-state index >= 15 is 0 Å². The van der Waals surface area contributed by atoms with Crippen LogP contribution >= 0.6 is 11.6 Å². The van der Waals surface area contributed by atoms with Crippen molar-refractivity contribution in [2.24, 2.45) is 0 Å². The second-order valence-corrected chi connectivity index (χ2v) is 9.09. The molecular formula is C21H21ClN2O4S. The molecule has 1 heterocycles. The van der Waals surface area contributed by atoms with E-state index in [-0.39, 0.29) is 17.2 Å². The molecule has 0 aromatic heterocycles. The van der Waals surface area contributed by atoms with Crippen LogP contribution in [0.2, 0.25) is 5.02 Å². The SMILES string of the molecule is CC1(C(=O)NS(=O)(=O)c2ccc(Cl)cc2)CCN1C(=O)C/C=C/c1ccccc1. The van der Waals surface area contributed by atoms with Crippen LogP contribution in [0.4, 0.5) is 0 Å². The van der Waals surface area contributed by atoms with Crippen molar-refractivity contribution in [1.82, 2.24) is 9.62 Å². The van der Waals surface area contributed by atoms with E-state index < -0.39 is 21.5 Å². The van der Waals surface area contributed by atoms with Gasteiger partial charge in [-0.05, 0) is 43.2 Å². The van der Waals surface area contributed by atoms with Gasteiger partial charge in [-0.25, -0.2) is 13.1 Å². The number of rotatable bonds is 6. The molecule has 152 valence electrons. The van der Waals surface area contributed by atoms with Gasteiger partial charge in [0.05, 0.1) is 4.90 Å².